The predicted molar refractivity (Wildman–Crippen MR) is 100 cm³/mol. The molecule has 1 aromatic heterocycles. The molecule has 27 heavy (non-hydrogen) atoms. The third-order valence-electron chi connectivity index (χ3n) is 3.94. The van der Waals surface area contributed by atoms with Crippen LogP contribution in [0.3, 0.4) is 0 Å². The average Bonchev–Trinajstić information content (AvgIpc) is 3.16. The zero-order valence-corrected chi connectivity index (χ0v) is 15.3. The molecule has 0 atom stereocenters. The summed E-state index contributed by atoms with van der Waals surface area (Å²) in [5.41, 5.74) is 1.49. The van der Waals surface area contributed by atoms with Crippen LogP contribution in [0, 0.1) is 0 Å². The van der Waals surface area contributed by atoms with Gasteiger partial charge in [0.1, 0.15) is 17.2 Å². The summed E-state index contributed by atoms with van der Waals surface area (Å²) in [5, 5.41) is 9.53. The molecule has 8 nitrogen and oxygen atoms in total. The number of hydrogen-bond donors (Lipinski definition) is 2. The molecule has 0 aliphatic carbocycles. The molecule has 1 amide bonds. The fourth-order valence-electron chi connectivity index (χ4n) is 2.62. The molecular weight excluding hydrogens is 348 g/mol. The van der Waals surface area contributed by atoms with Crippen LogP contribution in [-0.2, 0) is 11.2 Å². The Morgan fingerprint density at radius 3 is 2.56 bits per heavy atom. The van der Waals surface area contributed by atoms with Gasteiger partial charge in [-0.2, -0.15) is 4.98 Å². The van der Waals surface area contributed by atoms with E-state index in [1.807, 2.05) is 24.3 Å². The predicted octanol–water partition coefficient (Wildman–Crippen LogP) is 2.68. The van der Waals surface area contributed by atoms with Crippen LogP contribution >= 0.6 is 0 Å². The van der Waals surface area contributed by atoms with Crippen molar-refractivity contribution >= 4 is 11.9 Å². The van der Waals surface area contributed by atoms with Gasteiger partial charge in [0.25, 0.3) is 0 Å². The Kier molecular flexibility index (Phi) is 5.55. The first kappa shape index (κ1) is 18.2. The molecule has 140 valence electrons. The van der Waals surface area contributed by atoms with Gasteiger partial charge in [-0.05, 0) is 18.2 Å². The number of rotatable bonds is 7. The van der Waals surface area contributed by atoms with Crippen LogP contribution in [0.2, 0.25) is 0 Å². The largest absolute Gasteiger partial charge is 0.497 e. The first-order valence-electron chi connectivity index (χ1n) is 8.21. The fraction of sp³-hybridized carbons (Fsp3) is 0.211. The lowest BCUT2D eigenvalue weighted by Crippen LogP contribution is -2.16. The monoisotopic (exact) mass is 368 g/mol. The molecule has 0 bridgehead atoms. The van der Waals surface area contributed by atoms with E-state index in [9.17, 15) is 4.79 Å². The Labute approximate surface area is 156 Å². The number of carbonyl (C=O) groups is 1. The number of ether oxygens (including phenoxy) is 3. The molecule has 0 aliphatic rings. The number of para-hydroxylation sites is 1. The summed E-state index contributed by atoms with van der Waals surface area (Å²) in [5.74, 6) is 2.33. The molecule has 3 rings (SSSR count). The highest BCUT2D eigenvalue weighted by atomic mass is 16.5. The average molecular weight is 368 g/mol. The Morgan fingerprint density at radius 1 is 1.04 bits per heavy atom. The number of H-pyrrole nitrogens is 1. The number of methoxy groups -OCH3 is 3. The maximum Gasteiger partial charge on any atom is 0.249 e. The van der Waals surface area contributed by atoms with Crippen LogP contribution in [0.5, 0.6) is 17.2 Å². The van der Waals surface area contributed by atoms with Gasteiger partial charge in [-0.3, -0.25) is 15.2 Å². The molecule has 0 saturated carbocycles. The number of aromatic nitrogens is 3. The van der Waals surface area contributed by atoms with Crippen LogP contribution in [-0.4, -0.2) is 42.4 Å². The SMILES string of the molecule is COc1ccc(CC(=O)Nc2n[nH]c(-c3ccccc3OC)n2)c(OC)c1. The standard InChI is InChI=1S/C19H20N4O4/c1-25-13-9-8-12(16(11-13)27-3)10-17(24)20-19-21-18(22-23-19)14-6-4-5-7-15(14)26-2/h4-9,11H,10H2,1-3H3,(H2,20,21,22,23,24). The van der Waals surface area contributed by atoms with E-state index in [-0.39, 0.29) is 18.3 Å². The summed E-state index contributed by atoms with van der Waals surface area (Å²) < 4.78 is 15.8. The maximum absolute atomic E-state index is 12.4. The number of anilines is 1. The van der Waals surface area contributed by atoms with Gasteiger partial charge in [0.2, 0.25) is 11.9 Å². The lowest BCUT2D eigenvalue weighted by Gasteiger charge is -2.09. The molecular formula is C19H20N4O4. The van der Waals surface area contributed by atoms with Crippen molar-refractivity contribution in [1.82, 2.24) is 15.2 Å². The van der Waals surface area contributed by atoms with Crippen molar-refractivity contribution in [1.29, 1.82) is 0 Å². The van der Waals surface area contributed by atoms with Crippen molar-refractivity contribution < 1.29 is 19.0 Å². The van der Waals surface area contributed by atoms with E-state index < -0.39 is 0 Å². The Bertz CT molecular complexity index is 939. The van der Waals surface area contributed by atoms with Gasteiger partial charge in [-0.25, -0.2) is 0 Å². The van der Waals surface area contributed by atoms with Crippen molar-refractivity contribution in [3.8, 4) is 28.6 Å². The minimum absolute atomic E-state index is 0.117. The van der Waals surface area contributed by atoms with E-state index in [0.717, 1.165) is 11.1 Å². The number of amides is 1. The van der Waals surface area contributed by atoms with Crippen molar-refractivity contribution in [2.75, 3.05) is 26.6 Å². The van der Waals surface area contributed by atoms with Gasteiger partial charge in [-0.1, -0.05) is 18.2 Å². The minimum atomic E-state index is -0.260. The molecule has 0 radical (unpaired) electrons. The Morgan fingerprint density at radius 2 is 1.81 bits per heavy atom. The highest BCUT2D eigenvalue weighted by Crippen LogP contribution is 2.27. The molecule has 0 spiro atoms. The minimum Gasteiger partial charge on any atom is -0.497 e. The molecule has 0 saturated heterocycles. The van der Waals surface area contributed by atoms with E-state index in [0.29, 0.717) is 23.1 Å². The van der Waals surface area contributed by atoms with Crippen LogP contribution in [0.1, 0.15) is 5.56 Å². The molecule has 1 heterocycles. The number of aromatic amines is 1. The molecule has 8 heteroatoms. The van der Waals surface area contributed by atoms with Gasteiger partial charge in [0.05, 0.1) is 33.3 Å². The summed E-state index contributed by atoms with van der Waals surface area (Å²) in [6, 6.07) is 12.7. The first-order valence-corrected chi connectivity index (χ1v) is 8.21. The summed E-state index contributed by atoms with van der Waals surface area (Å²) in [6.45, 7) is 0. The van der Waals surface area contributed by atoms with Crippen LogP contribution in [0.25, 0.3) is 11.4 Å². The molecule has 3 aromatic rings. The van der Waals surface area contributed by atoms with E-state index in [2.05, 4.69) is 20.5 Å². The second-order valence-corrected chi connectivity index (χ2v) is 5.61. The molecule has 0 unspecified atom stereocenters. The third kappa shape index (κ3) is 4.17. The van der Waals surface area contributed by atoms with Crippen molar-refractivity contribution in [2.24, 2.45) is 0 Å². The van der Waals surface area contributed by atoms with Crippen LogP contribution < -0.4 is 19.5 Å². The summed E-state index contributed by atoms with van der Waals surface area (Å²) in [6.07, 6.45) is 0.117. The normalized spacial score (nSPS) is 10.3. The molecule has 2 N–H and O–H groups in total. The lowest BCUT2D eigenvalue weighted by molar-refractivity contribution is -0.115. The van der Waals surface area contributed by atoms with E-state index in [4.69, 9.17) is 14.2 Å². The Hall–Kier alpha value is -3.55. The highest BCUT2D eigenvalue weighted by Gasteiger charge is 2.14. The zero-order chi connectivity index (χ0) is 19.2. The molecule has 2 aromatic carbocycles. The van der Waals surface area contributed by atoms with Crippen molar-refractivity contribution in [2.45, 2.75) is 6.42 Å². The third-order valence-corrected chi connectivity index (χ3v) is 3.94. The Balaban J connectivity index is 1.71. The lowest BCUT2D eigenvalue weighted by atomic mass is 10.1. The number of nitrogens with one attached hydrogen (secondary N) is 2. The topological polar surface area (TPSA) is 98.4 Å². The number of benzene rings is 2. The number of hydrogen-bond acceptors (Lipinski definition) is 6. The molecule has 0 aliphatic heterocycles. The second-order valence-electron chi connectivity index (χ2n) is 5.61. The van der Waals surface area contributed by atoms with Gasteiger partial charge >= 0.3 is 0 Å². The number of carbonyl (C=O) groups excluding carboxylic acids is 1. The van der Waals surface area contributed by atoms with Crippen LogP contribution in [0.4, 0.5) is 5.95 Å². The smallest absolute Gasteiger partial charge is 0.249 e. The van der Waals surface area contributed by atoms with E-state index in [1.54, 1.807) is 39.5 Å². The number of nitrogens with zero attached hydrogens (tertiary/aromatic N) is 2. The summed E-state index contributed by atoms with van der Waals surface area (Å²) >= 11 is 0. The van der Waals surface area contributed by atoms with E-state index >= 15 is 0 Å². The second kappa shape index (κ2) is 8.22. The maximum atomic E-state index is 12.4. The highest BCUT2D eigenvalue weighted by molar-refractivity contribution is 5.91. The van der Waals surface area contributed by atoms with E-state index in [1.165, 1.54) is 0 Å². The van der Waals surface area contributed by atoms with Gasteiger partial charge in [-0.15, -0.1) is 5.10 Å². The van der Waals surface area contributed by atoms with Crippen molar-refractivity contribution in [3.63, 3.8) is 0 Å². The van der Waals surface area contributed by atoms with Gasteiger partial charge in [0, 0.05) is 11.6 Å². The summed E-state index contributed by atoms with van der Waals surface area (Å²) in [4.78, 5) is 16.7. The fourth-order valence-corrected chi connectivity index (χ4v) is 2.62. The first-order chi connectivity index (χ1) is 13.1. The zero-order valence-electron chi connectivity index (χ0n) is 15.3. The summed E-state index contributed by atoms with van der Waals surface area (Å²) in [7, 11) is 4.70. The molecule has 0 fully saturated rings. The quantitative estimate of drug-likeness (QED) is 0.665. The van der Waals surface area contributed by atoms with Gasteiger partial charge in [0.15, 0.2) is 5.82 Å². The van der Waals surface area contributed by atoms with Crippen LogP contribution in [0.15, 0.2) is 42.5 Å². The van der Waals surface area contributed by atoms with Gasteiger partial charge < -0.3 is 14.2 Å². The van der Waals surface area contributed by atoms with Crippen molar-refractivity contribution in [3.05, 3.63) is 48.0 Å².